The van der Waals surface area contributed by atoms with E-state index < -0.39 is 14.1 Å². The van der Waals surface area contributed by atoms with Crippen molar-refractivity contribution in [3.63, 3.8) is 0 Å². The lowest BCUT2D eigenvalue weighted by molar-refractivity contribution is 0.394. The van der Waals surface area contributed by atoms with Gasteiger partial charge in [-0.25, -0.2) is 4.98 Å². The van der Waals surface area contributed by atoms with Crippen molar-refractivity contribution in [1.29, 1.82) is 0 Å². The minimum atomic E-state index is -2.72. The summed E-state index contributed by atoms with van der Waals surface area (Å²) in [5.74, 6) is -0.0598. The van der Waals surface area contributed by atoms with Crippen LogP contribution in [0.5, 0.6) is 11.5 Å². The first kappa shape index (κ1) is 14.4. The molecule has 0 bridgehead atoms. The van der Waals surface area contributed by atoms with Crippen LogP contribution in [-0.2, 0) is 7.05 Å². The van der Waals surface area contributed by atoms with Crippen molar-refractivity contribution in [2.75, 3.05) is 25.5 Å². The lowest BCUT2D eigenvalue weighted by Crippen LogP contribution is -2.18. The van der Waals surface area contributed by atoms with Crippen LogP contribution in [0.1, 0.15) is 28.0 Å². The van der Waals surface area contributed by atoms with E-state index in [0.717, 1.165) is 24.1 Å². The highest BCUT2D eigenvalue weighted by molar-refractivity contribution is 5.82. The highest BCUT2D eigenvalue weighted by Crippen LogP contribution is 2.34. The number of aryl methyl sites for hydroxylation is 1. The van der Waals surface area contributed by atoms with Gasteiger partial charge in [0.15, 0.2) is 0 Å². The normalized spacial score (nSPS) is 14.6. The van der Waals surface area contributed by atoms with Gasteiger partial charge < -0.3 is 14.4 Å². The SMILES string of the molecule is [2H]C([2H])([2H])Oc1cc(OC([2H])([2H])[2H])cc(N(CCCC)c2ccc3ncc(-c4cnn(C)c4)nc3c2)c1. The second-order valence-corrected chi connectivity index (χ2v) is 7.20. The Morgan fingerprint density at radius 3 is 2.48 bits per heavy atom. The number of nitrogens with zero attached hydrogens (tertiary/aromatic N) is 5. The first-order valence-corrected chi connectivity index (χ1v) is 9.97. The third-order valence-electron chi connectivity index (χ3n) is 4.99. The maximum absolute atomic E-state index is 7.48. The maximum Gasteiger partial charge on any atom is 0.124 e. The van der Waals surface area contributed by atoms with E-state index in [2.05, 4.69) is 17.0 Å². The number of aromatic nitrogens is 4. The third-order valence-corrected chi connectivity index (χ3v) is 4.99. The summed E-state index contributed by atoms with van der Waals surface area (Å²) < 4.78 is 56.8. The van der Waals surface area contributed by atoms with Crippen molar-refractivity contribution in [1.82, 2.24) is 19.7 Å². The summed E-state index contributed by atoms with van der Waals surface area (Å²) in [5, 5.41) is 4.20. The first-order valence-electron chi connectivity index (χ1n) is 13.0. The highest BCUT2D eigenvalue weighted by Gasteiger charge is 2.14. The van der Waals surface area contributed by atoms with E-state index in [0.29, 0.717) is 29.0 Å². The van der Waals surface area contributed by atoms with Crippen LogP contribution in [0.15, 0.2) is 55.0 Å². The molecule has 0 unspecified atom stereocenters. The monoisotopic (exact) mass is 423 g/mol. The van der Waals surface area contributed by atoms with Gasteiger partial charge in [0, 0.05) is 54.9 Å². The smallest absolute Gasteiger partial charge is 0.124 e. The number of methoxy groups -OCH3 is 2. The molecule has 0 radical (unpaired) electrons. The van der Waals surface area contributed by atoms with Crippen LogP contribution in [0.2, 0.25) is 0 Å². The number of fused-ring (bicyclic) bond motifs is 1. The first-order chi connectivity index (χ1) is 17.4. The fourth-order valence-corrected chi connectivity index (χ4v) is 3.41. The molecule has 4 aromatic rings. The molecule has 0 fully saturated rings. The predicted molar refractivity (Wildman–Crippen MR) is 123 cm³/mol. The van der Waals surface area contributed by atoms with E-state index in [1.165, 1.54) is 6.07 Å². The van der Waals surface area contributed by atoms with Crippen molar-refractivity contribution >= 4 is 22.4 Å². The molecule has 0 spiro atoms. The third kappa shape index (κ3) is 4.45. The molecule has 31 heavy (non-hydrogen) atoms. The van der Waals surface area contributed by atoms with E-state index in [-0.39, 0.29) is 11.5 Å². The molecular weight excluding hydrogens is 390 g/mol. The molecule has 0 atom stereocenters. The average molecular weight is 424 g/mol. The second-order valence-electron chi connectivity index (χ2n) is 7.20. The molecule has 2 aromatic carbocycles. The average Bonchev–Trinajstić information content (AvgIpc) is 3.22. The van der Waals surface area contributed by atoms with E-state index in [4.69, 9.17) is 22.7 Å². The van der Waals surface area contributed by atoms with Crippen LogP contribution in [0.4, 0.5) is 11.4 Å². The molecule has 2 aromatic heterocycles. The number of ether oxygens (including phenoxy) is 2. The predicted octanol–water partition coefficient (Wildman–Crippen LogP) is 4.99. The van der Waals surface area contributed by atoms with Gasteiger partial charge in [-0.05, 0) is 24.6 Å². The molecule has 7 heteroatoms. The van der Waals surface area contributed by atoms with Crippen LogP contribution in [0.25, 0.3) is 22.3 Å². The lowest BCUT2D eigenvalue weighted by atomic mass is 10.1. The van der Waals surface area contributed by atoms with Crippen LogP contribution >= 0.6 is 0 Å². The number of rotatable bonds is 8. The molecule has 2 heterocycles. The van der Waals surface area contributed by atoms with Crippen LogP contribution in [0.3, 0.4) is 0 Å². The number of hydrogen-bond donors (Lipinski definition) is 0. The molecule has 0 saturated carbocycles. The summed E-state index contributed by atoms with van der Waals surface area (Å²) in [6.07, 6.45) is 6.99. The number of anilines is 2. The summed E-state index contributed by atoms with van der Waals surface area (Å²) in [4.78, 5) is 11.2. The Kier molecular flexibility index (Phi) is 4.20. The molecule has 0 aliphatic heterocycles. The van der Waals surface area contributed by atoms with Gasteiger partial charge in [0.2, 0.25) is 0 Å². The van der Waals surface area contributed by atoms with E-state index in [1.54, 1.807) is 29.2 Å². The van der Waals surface area contributed by atoms with Crippen LogP contribution in [0, 0.1) is 0 Å². The summed E-state index contributed by atoms with van der Waals surface area (Å²) >= 11 is 0. The van der Waals surface area contributed by atoms with Crippen molar-refractivity contribution in [2.45, 2.75) is 19.8 Å². The van der Waals surface area contributed by atoms with Crippen LogP contribution in [-0.4, -0.2) is 40.4 Å². The minimum absolute atomic E-state index is 0.0299. The van der Waals surface area contributed by atoms with Gasteiger partial charge in [0.05, 0.1) is 51.4 Å². The summed E-state index contributed by atoms with van der Waals surface area (Å²) in [7, 11) is -3.60. The van der Waals surface area contributed by atoms with Gasteiger partial charge in [-0.1, -0.05) is 13.3 Å². The van der Waals surface area contributed by atoms with Crippen LogP contribution < -0.4 is 14.4 Å². The summed E-state index contributed by atoms with van der Waals surface area (Å²) in [6.45, 7) is 2.63. The van der Waals surface area contributed by atoms with E-state index >= 15 is 0 Å². The standard InChI is InChI=1S/C24H27N5O2/c1-5-6-9-29(19-10-20(30-3)13-21(11-19)31-4)18-7-8-22-23(12-18)27-24(15-25-22)17-14-26-28(2)16-17/h7-8,10-16H,5-6,9H2,1-4H3/i3D3,4D3. The Morgan fingerprint density at radius 1 is 1.00 bits per heavy atom. The lowest BCUT2D eigenvalue weighted by Gasteiger charge is -2.26. The topological polar surface area (TPSA) is 65.3 Å². The molecule has 0 aliphatic rings. The Hall–Kier alpha value is -3.61. The largest absolute Gasteiger partial charge is 0.497 e. The fraction of sp³-hybridized carbons (Fsp3) is 0.292. The second kappa shape index (κ2) is 9.04. The van der Waals surface area contributed by atoms with Gasteiger partial charge in [0.1, 0.15) is 11.5 Å². The van der Waals surface area contributed by atoms with Crippen molar-refractivity contribution in [2.24, 2.45) is 7.05 Å². The zero-order chi connectivity index (χ0) is 26.8. The van der Waals surface area contributed by atoms with E-state index in [1.807, 2.05) is 36.3 Å². The highest BCUT2D eigenvalue weighted by atomic mass is 16.5. The van der Waals surface area contributed by atoms with Gasteiger partial charge in [0.25, 0.3) is 0 Å². The summed E-state index contributed by atoms with van der Waals surface area (Å²) in [6, 6.07) is 9.99. The Balaban J connectivity index is 1.79. The Morgan fingerprint density at radius 2 is 1.81 bits per heavy atom. The van der Waals surface area contributed by atoms with Gasteiger partial charge in [-0.3, -0.25) is 9.67 Å². The number of hydrogen-bond acceptors (Lipinski definition) is 6. The molecule has 0 aliphatic carbocycles. The molecule has 7 nitrogen and oxygen atoms in total. The van der Waals surface area contributed by atoms with Crippen molar-refractivity contribution in [3.05, 3.63) is 55.0 Å². The number of benzene rings is 2. The number of unbranched alkanes of at least 4 members (excludes halogenated alkanes) is 1. The zero-order valence-electron chi connectivity index (χ0n) is 23.4. The molecular formula is C24H27N5O2. The molecule has 0 saturated heterocycles. The van der Waals surface area contributed by atoms with Crippen molar-refractivity contribution in [3.8, 4) is 22.8 Å². The fourth-order valence-electron chi connectivity index (χ4n) is 3.41. The maximum atomic E-state index is 7.48. The van der Waals surface area contributed by atoms with Crippen molar-refractivity contribution < 1.29 is 17.7 Å². The van der Waals surface area contributed by atoms with Gasteiger partial charge >= 0.3 is 0 Å². The molecule has 4 rings (SSSR count). The molecule has 0 amide bonds. The zero-order valence-corrected chi connectivity index (χ0v) is 17.4. The Bertz CT molecular complexity index is 1350. The molecule has 160 valence electrons. The summed E-state index contributed by atoms with van der Waals surface area (Å²) in [5.41, 5.74) is 4.17. The molecule has 0 N–H and O–H groups in total. The van der Waals surface area contributed by atoms with Gasteiger partial charge in [-0.15, -0.1) is 0 Å². The quantitative estimate of drug-likeness (QED) is 0.398. The minimum Gasteiger partial charge on any atom is -0.497 e. The Labute approximate surface area is 190 Å². The van der Waals surface area contributed by atoms with E-state index in [9.17, 15) is 0 Å². The van der Waals surface area contributed by atoms with Gasteiger partial charge in [-0.2, -0.15) is 5.10 Å².